The third-order valence-corrected chi connectivity index (χ3v) is 5.86. The molecule has 0 aromatic heterocycles. The Balaban J connectivity index is 1.13. The van der Waals surface area contributed by atoms with Crippen LogP contribution in [0.25, 0.3) is 0 Å². The summed E-state index contributed by atoms with van der Waals surface area (Å²) in [5, 5.41) is 10.6. The minimum absolute atomic E-state index is 0.181. The first-order chi connectivity index (χ1) is 13.8. The van der Waals surface area contributed by atoms with Gasteiger partial charge in [0.2, 0.25) is 0 Å². The fraction of sp³-hybridized carbons (Fsp3) is 0.391. The van der Waals surface area contributed by atoms with Crippen molar-refractivity contribution in [3.8, 4) is 0 Å². The minimum atomic E-state index is -0.193. The van der Waals surface area contributed by atoms with Crippen molar-refractivity contribution in [1.82, 2.24) is 5.32 Å². The molecule has 1 amide bonds. The summed E-state index contributed by atoms with van der Waals surface area (Å²) in [4.78, 5) is 17.9. The van der Waals surface area contributed by atoms with Crippen LogP contribution >= 0.6 is 0 Å². The first kappa shape index (κ1) is 17.4. The zero-order valence-corrected chi connectivity index (χ0v) is 15.8. The van der Waals surface area contributed by atoms with Gasteiger partial charge in [-0.3, -0.25) is 4.79 Å². The molecule has 0 bridgehead atoms. The first-order valence-electron chi connectivity index (χ1n) is 10.2. The van der Waals surface area contributed by atoms with Gasteiger partial charge in [-0.25, -0.2) is 0 Å². The molecular weight excluding hydrogens is 350 g/mol. The standard InChI is InChI=1S/C23H25N3O2/c27-23(21-13-22(28-26-21)17-4-2-1-3-5-17)25-18-10-8-16(9-11-18)19-12-20(19)24-14-15-6-7-15/h1-5,8-11,15,19-20,22,24H,6-7,12-14H2,(H,25,27). The Morgan fingerprint density at radius 2 is 1.82 bits per heavy atom. The highest BCUT2D eigenvalue weighted by atomic mass is 16.6. The number of nitrogens with zero attached hydrogens (tertiary/aromatic N) is 1. The van der Waals surface area contributed by atoms with E-state index in [-0.39, 0.29) is 12.0 Å². The van der Waals surface area contributed by atoms with Crippen LogP contribution in [0.15, 0.2) is 59.8 Å². The quantitative estimate of drug-likeness (QED) is 0.769. The van der Waals surface area contributed by atoms with Crippen molar-refractivity contribution >= 4 is 17.3 Å². The predicted octanol–water partition coefficient (Wildman–Crippen LogP) is 4.00. The van der Waals surface area contributed by atoms with E-state index in [4.69, 9.17) is 4.84 Å². The smallest absolute Gasteiger partial charge is 0.273 e. The molecule has 2 aromatic carbocycles. The van der Waals surface area contributed by atoms with Crippen LogP contribution < -0.4 is 10.6 Å². The van der Waals surface area contributed by atoms with E-state index in [0.29, 0.717) is 24.1 Å². The van der Waals surface area contributed by atoms with E-state index in [1.54, 1.807) is 0 Å². The molecule has 0 spiro atoms. The summed E-state index contributed by atoms with van der Waals surface area (Å²) in [6.45, 7) is 1.17. The summed E-state index contributed by atoms with van der Waals surface area (Å²) in [5.41, 5.74) is 3.61. The highest BCUT2D eigenvalue weighted by Gasteiger charge is 2.38. The molecule has 2 N–H and O–H groups in total. The summed E-state index contributed by atoms with van der Waals surface area (Å²) in [6, 6.07) is 18.7. The summed E-state index contributed by atoms with van der Waals surface area (Å²) < 4.78 is 0. The Morgan fingerprint density at radius 1 is 1.04 bits per heavy atom. The number of benzene rings is 2. The van der Waals surface area contributed by atoms with Gasteiger partial charge in [0.15, 0.2) is 6.10 Å². The van der Waals surface area contributed by atoms with Crippen LogP contribution in [-0.2, 0) is 9.63 Å². The highest BCUT2D eigenvalue weighted by Crippen LogP contribution is 2.42. The van der Waals surface area contributed by atoms with Crippen LogP contribution in [0.4, 0.5) is 5.69 Å². The molecule has 28 heavy (non-hydrogen) atoms. The average molecular weight is 375 g/mol. The average Bonchev–Trinajstić information content (AvgIpc) is 3.65. The molecule has 3 aliphatic rings. The number of amides is 1. The molecule has 1 aliphatic heterocycles. The van der Waals surface area contributed by atoms with Gasteiger partial charge in [-0.05, 0) is 55.0 Å². The van der Waals surface area contributed by atoms with Crippen LogP contribution in [0.5, 0.6) is 0 Å². The molecule has 3 atom stereocenters. The van der Waals surface area contributed by atoms with E-state index >= 15 is 0 Å². The third-order valence-electron chi connectivity index (χ3n) is 5.86. The van der Waals surface area contributed by atoms with Gasteiger partial charge in [0, 0.05) is 24.1 Å². The number of hydrogen-bond donors (Lipinski definition) is 2. The minimum Gasteiger partial charge on any atom is -0.387 e. The lowest BCUT2D eigenvalue weighted by Crippen LogP contribution is -2.22. The van der Waals surface area contributed by atoms with E-state index in [9.17, 15) is 4.79 Å². The van der Waals surface area contributed by atoms with Crippen LogP contribution in [0.2, 0.25) is 0 Å². The van der Waals surface area contributed by atoms with Crippen molar-refractivity contribution in [3.05, 3.63) is 65.7 Å². The van der Waals surface area contributed by atoms with E-state index in [1.165, 1.54) is 31.4 Å². The number of carbonyl (C=O) groups is 1. The maximum absolute atomic E-state index is 12.5. The Morgan fingerprint density at radius 3 is 2.57 bits per heavy atom. The van der Waals surface area contributed by atoms with E-state index in [2.05, 4.69) is 27.9 Å². The van der Waals surface area contributed by atoms with E-state index < -0.39 is 0 Å². The van der Waals surface area contributed by atoms with Crippen molar-refractivity contribution in [2.75, 3.05) is 11.9 Å². The summed E-state index contributed by atoms with van der Waals surface area (Å²) in [5.74, 6) is 1.34. The Hall–Kier alpha value is -2.66. The zero-order chi connectivity index (χ0) is 18.9. The fourth-order valence-corrected chi connectivity index (χ4v) is 3.80. The molecule has 0 radical (unpaired) electrons. The van der Waals surface area contributed by atoms with Crippen molar-refractivity contribution in [1.29, 1.82) is 0 Å². The molecule has 1 heterocycles. The highest BCUT2D eigenvalue weighted by molar-refractivity contribution is 6.43. The second kappa shape index (κ2) is 7.40. The molecule has 5 nitrogen and oxygen atoms in total. The van der Waals surface area contributed by atoms with Crippen molar-refractivity contribution < 1.29 is 9.63 Å². The maximum atomic E-state index is 12.5. The van der Waals surface area contributed by atoms with E-state index in [0.717, 1.165) is 17.2 Å². The first-order valence-corrected chi connectivity index (χ1v) is 10.2. The number of hydrogen-bond acceptors (Lipinski definition) is 4. The van der Waals surface area contributed by atoms with Crippen molar-refractivity contribution in [2.24, 2.45) is 11.1 Å². The lowest BCUT2D eigenvalue weighted by Gasteiger charge is -2.08. The maximum Gasteiger partial charge on any atom is 0.273 e. The molecule has 5 rings (SSSR count). The zero-order valence-electron chi connectivity index (χ0n) is 15.8. The molecule has 2 aromatic rings. The predicted molar refractivity (Wildman–Crippen MR) is 109 cm³/mol. The Bertz CT molecular complexity index is 874. The van der Waals surface area contributed by atoms with Gasteiger partial charge in [0.05, 0.1) is 0 Å². The third kappa shape index (κ3) is 3.94. The van der Waals surface area contributed by atoms with Gasteiger partial charge in [0.1, 0.15) is 5.71 Å². The van der Waals surface area contributed by atoms with E-state index in [1.807, 2.05) is 42.5 Å². The summed E-state index contributed by atoms with van der Waals surface area (Å²) >= 11 is 0. The van der Waals surface area contributed by atoms with Gasteiger partial charge in [-0.1, -0.05) is 47.6 Å². The second-order valence-electron chi connectivity index (χ2n) is 8.12. The molecule has 0 saturated heterocycles. The summed E-state index contributed by atoms with van der Waals surface area (Å²) in [6.07, 6.45) is 4.31. The number of anilines is 1. The van der Waals surface area contributed by atoms with Crippen LogP contribution in [0.3, 0.4) is 0 Å². The second-order valence-corrected chi connectivity index (χ2v) is 8.12. The number of rotatable bonds is 7. The molecule has 2 aliphatic carbocycles. The number of oxime groups is 1. The Kier molecular flexibility index (Phi) is 4.61. The largest absolute Gasteiger partial charge is 0.387 e. The lowest BCUT2D eigenvalue weighted by atomic mass is 10.0. The topological polar surface area (TPSA) is 62.7 Å². The monoisotopic (exact) mass is 375 g/mol. The van der Waals surface area contributed by atoms with Crippen LogP contribution in [0, 0.1) is 5.92 Å². The SMILES string of the molecule is O=C(Nc1ccc(C2CC2NCC2CC2)cc1)C1=NOC(c2ccccc2)C1. The Labute approximate surface area is 165 Å². The normalized spacial score (nSPS) is 25.7. The van der Waals surface area contributed by atoms with Gasteiger partial charge in [-0.15, -0.1) is 0 Å². The van der Waals surface area contributed by atoms with Crippen molar-refractivity contribution in [3.63, 3.8) is 0 Å². The van der Waals surface area contributed by atoms with Crippen LogP contribution in [-0.4, -0.2) is 24.2 Å². The van der Waals surface area contributed by atoms with Crippen molar-refractivity contribution in [2.45, 2.75) is 43.7 Å². The molecule has 5 heteroatoms. The van der Waals surface area contributed by atoms with Gasteiger partial charge in [-0.2, -0.15) is 0 Å². The molecule has 2 fully saturated rings. The lowest BCUT2D eigenvalue weighted by molar-refractivity contribution is -0.110. The number of carbonyl (C=O) groups excluding carboxylic acids is 1. The molecule has 3 unspecified atom stereocenters. The number of nitrogens with one attached hydrogen (secondary N) is 2. The van der Waals surface area contributed by atoms with Gasteiger partial charge in [0.25, 0.3) is 5.91 Å². The molecule has 2 saturated carbocycles. The summed E-state index contributed by atoms with van der Waals surface area (Å²) in [7, 11) is 0. The van der Waals surface area contributed by atoms with Crippen LogP contribution in [0.1, 0.15) is 48.8 Å². The molecular formula is C23H25N3O2. The van der Waals surface area contributed by atoms with Gasteiger partial charge < -0.3 is 15.5 Å². The molecule has 144 valence electrons. The fourth-order valence-electron chi connectivity index (χ4n) is 3.80. The van der Waals surface area contributed by atoms with Gasteiger partial charge >= 0.3 is 0 Å².